The van der Waals surface area contributed by atoms with Gasteiger partial charge in [-0.15, -0.1) is 0 Å². The first-order valence-electron chi connectivity index (χ1n) is 6.90. The molecule has 1 aliphatic heterocycles. The largest absolute Gasteiger partial charge is 0.444 e. The summed E-state index contributed by atoms with van der Waals surface area (Å²) in [6.45, 7) is 6.57. The Kier molecular flexibility index (Phi) is 6.10. The van der Waals surface area contributed by atoms with E-state index in [0.29, 0.717) is 19.6 Å². The Balaban J connectivity index is 2.66. The van der Waals surface area contributed by atoms with Gasteiger partial charge in [0.2, 0.25) is 5.91 Å². The molecule has 3 N–H and O–H groups in total. The minimum absolute atomic E-state index is 0.0436. The van der Waals surface area contributed by atoms with Gasteiger partial charge in [0.25, 0.3) is 0 Å². The second kappa shape index (κ2) is 7.37. The molecular formula is C13H23N3O5. The number of nitrogens with zero attached hydrogens (tertiary/aromatic N) is 1. The van der Waals surface area contributed by atoms with Crippen molar-refractivity contribution in [3.63, 3.8) is 0 Å². The van der Waals surface area contributed by atoms with Crippen molar-refractivity contribution in [2.45, 2.75) is 45.3 Å². The monoisotopic (exact) mass is 301 g/mol. The molecule has 1 rings (SSSR count). The fraction of sp³-hybridized carbons (Fsp3) is 0.769. The number of hydroxylamine groups is 1. The van der Waals surface area contributed by atoms with E-state index in [1.807, 2.05) is 0 Å². The van der Waals surface area contributed by atoms with E-state index in [2.05, 4.69) is 5.32 Å². The quantitative estimate of drug-likeness (QED) is 0.500. The second-order valence-electron chi connectivity index (χ2n) is 5.89. The number of hydrogen-bond acceptors (Lipinski definition) is 6. The molecule has 0 spiro atoms. The van der Waals surface area contributed by atoms with Crippen LogP contribution in [0.25, 0.3) is 0 Å². The number of ketones is 1. The molecule has 1 heterocycles. The van der Waals surface area contributed by atoms with Crippen LogP contribution < -0.4 is 10.8 Å². The van der Waals surface area contributed by atoms with Crippen molar-refractivity contribution < 1.29 is 24.3 Å². The molecule has 0 aliphatic carbocycles. The number of rotatable bonds is 4. The summed E-state index contributed by atoms with van der Waals surface area (Å²) in [5, 5.41) is 11.5. The van der Waals surface area contributed by atoms with Gasteiger partial charge < -0.3 is 10.1 Å². The molecule has 0 aromatic heterocycles. The van der Waals surface area contributed by atoms with E-state index in [0.717, 1.165) is 0 Å². The maximum Gasteiger partial charge on any atom is 0.410 e. The molecule has 2 amide bonds. The van der Waals surface area contributed by atoms with Gasteiger partial charge in [-0.25, -0.2) is 10.3 Å². The van der Waals surface area contributed by atoms with Gasteiger partial charge >= 0.3 is 6.09 Å². The smallest absolute Gasteiger partial charge is 0.410 e. The summed E-state index contributed by atoms with van der Waals surface area (Å²) in [7, 11) is 0. The number of piperazine rings is 1. The van der Waals surface area contributed by atoms with Crippen LogP contribution in [0.1, 0.15) is 33.6 Å². The van der Waals surface area contributed by atoms with E-state index >= 15 is 0 Å². The summed E-state index contributed by atoms with van der Waals surface area (Å²) in [6, 6.07) is -0.653. The summed E-state index contributed by atoms with van der Waals surface area (Å²) in [5.74, 6) is -0.868. The molecule has 0 saturated carbocycles. The summed E-state index contributed by atoms with van der Waals surface area (Å²) in [5.41, 5.74) is 0.844. The zero-order chi connectivity index (χ0) is 16.0. The summed E-state index contributed by atoms with van der Waals surface area (Å²) < 4.78 is 5.29. The van der Waals surface area contributed by atoms with E-state index in [4.69, 9.17) is 9.94 Å². The predicted octanol–water partition coefficient (Wildman–Crippen LogP) is 0.0500. The molecule has 120 valence electrons. The predicted molar refractivity (Wildman–Crippen MR) is 73.8 cm³/mol. The number of carbonyl (C=O) groups is 3. The third kappa shape index (κ3) is 5.68. The van der Waals surface area contributed by atoms with E-state index in [1.54, 1.807) is 20.8 Å². The minimum atomic E-state index is -0.653. The first-order valence-corrected chi connectivity index (χ1v) is 6.90. The Labute approximate surface area is 123 Å². The molecule has 21 heavy (non-hydrogen) atoms. The molecule has 1 aliphatic rings. The minimum Gasteiger partial charge on any atom is -0.444 e. The summed E-state index contributed by atoms with van der Waals surface area (Å²) in [4.78, 5) is 36.6. The lowest BCUT2D eigenvalue weighted by molar-refractivity contribution is -0.132. The van der Waals surface area contributed by atoms with Crippen LogP contribution in [0, 0.1) is 0 Å². The van der Waals surface area contributed by atoms with Crippen LogP contribution in [-0.4, -0.2) is 59.2 Å². The number of hydrogen-bond donors (Lipinski definition) is 3. The highest BCUT2D eigenvalue weighted by Gasteiger charge is 2.34. The topological polar surface area (TPSA) is 108 Å². The molecular weight excluding hydrogens is 278 g/mol. The lowest BCUT2D eigenvalue weighted by Crippen LogP contribution is -2.57. The molecule has 0 unspecified atom stereocenters. The summed E-state index contributed by atoms with van der Waals surface area (Å²) >= 11 is 0. The first-order chi connectivity index (χ1) is 9.74. The highest BCUT2D eigenvalue weighted by Crippen LogP contribution is 2.15. The molecule has 0 radical (unpaired) electrons. The Morgan fingerprint density at radius 3 is 2.57 bits per heavy atom. The first kappa shape index (κ1) is 17.4. The van der Waals surface area contributed by atoms with Gasteiger partial charge in [-0.1, -0.05) is 0 Å². The van der Waals surface area contributed by atoms with Crippen molar-refractivity contribution in [1.82, 2.24) is 15.7 Å². The van der Waals surface area contributed by atoms with E-state index < -0.39 is 23.6 Å². The average molecular weight is 301 g/mol. The normalized spacial score (nSPS) is 19.0. The van der Waals surface area contributed by atoms with Crippen LogP contribution >= 0.6 is 0 Å². The third-order valence-corrected chi connectivity index (χ3v) is 2.97. The number of amides is 2. The highest BCUT2D eigenvalue weighted by molar-refractivity contribution is 5.90. The van der Waals surface area contributed by atoms with Crippen LogP contribution in [0.5, 0.6) is 0 Å². The van der Waals surface area contributed by atoms with Gasteiger partial charge in [-0.05, 0) is 20.8 Å². The van der Waals surface area contributed by atoms with Gasteiger partial charge in [0, 0.05) is 32.5 Å². The van der Waals surface area contributed by atoms with Crippen LogP contribution in [-0.2, 0) is 14.3 Å². The number of Topliss-reactive ketones (excluding diaryl/α,β-unsaturated/α-hetero) is 1. The third-order valence-electron chi connectivity index (χ3n) is 2.97. The van der Waals surface area contributed by atoms with Crippen molar-refractivity contribution in [2.75, 3.05) is 19.6 Å². The van der Waals surface area contributed by atoms with E-state index in [1.165, 1.54) is 10.4 Å². The molecule has 1 fully saturated rings. The van der Waals surface area contributed by atoms with Crippen LogP contribution in [0.4, 0.5) is 4.79 Å². The van der Waals surface area contributed by atoms with E-state index in [-0.39, 0.29) is 18.6 Å². The Morgan fingerprint density at radius 2 is 2.00 bits per heavy atom. The van der Waals surface area contributed by atoms with E-state index in [9.17, 15) is 14.4 Å². The number of ether oxygens (including phenoxy) is 1. The summed E-state index contributed by atoms with van der Waals surface area (Å²) in [6.07, 6.45) is -0.694. The molecule has 1 atom stereocenters. The Morgan fingerprint density at radius 1 is 1.33 bits per heavy atom. The average Bonchev–Trinajstić information content (AvgIpc) is 2.42. The fourth-order valence-electron chi connectivity index (χ4n) is 1.99. The second-order valence-corrected chi connectivity index (χ2v) is 5.89. The van der Waals surface area contributed by atoms with Crippen LogP contribution in [0.3, 0.4) is 0 Å². The number of carbonyl (C=O) groups excluding carboxylic acids is 3. The van der Waals surface area contributed by atoms with Gasteiger partial charge in [-0.3, -0.25) is 19.7 Å². The molecule has 8 nitrogen and oxygen atoms in total. The van der Waals surface area contributed by atoms with Gasteiger partial charge in [0.15, 0.2) is 5.78 Å². The lowest BCUT2D eigenvalue weighted by atomic mass is 10.0. The molecule has 0 aromatic carbocycles. The van der Waals surface area contributed by atoms with Crippen molar-refractivity contribution in [3.8, 4) is 0 Å². The van der Waals surface area contributed by atoms with Crippen molar-refractivity contribution in [1.29, 1.82) is 0 Å². The van der Waals surface area contributed by atoms with Gasteiger partial charge in [0.1, 0.15) is 11.6 Å². The van der Waals surface area contributed by atoms with Crippen LogP contribution in [0.15, 0.2) is 0 Å². The maximum absolute atomic E-state index is 12.1. The standard InChI is InChI=1S/C13H23N3O5/c1-13(2,3)21-12(19)16-7-6-14-8-9(16)10(17)4-5-11(18)15-20/h9,14,20H,4-8H2,1-3H3,(H,15,18)/t9-/m0/s1. The van der Waals surface area contributed by atoms with Crippen LogP contribution in [0.2, 0.25) is 0 Å². The number of nitrogens with one attached hydrogen (secondary N) is 2. The lowest BCUT2D eigenvalue weighted by Gasteiger charge is -2.36. The van der Waals surface area contributed by atoms with Crippen molar-refractivity contribution in [3.05, 3.63) is 0 Å². The van der Waals surface area contributed by atoms with Crippen molar-refractivity contribution in [2.24, 2.45) is 0 Å². The Hall–Kier alpha value is -1.67. The molecule has 1 saturated heterocycles. The van der Waals surface area contributed by atoms with Gasteiger partial charge in [0.05, 0.1) is 0 Å². The molecule has 0 aromatic rings. The van der Waals surface area contributed by atoms with Crippen molar-refractivity contribution >= 4 is 17.8 Å². The molecule has 0 bridgehead atoms. The zero-order valence-electron chi connectivity index (χ0n) is 12.6. The van der Waals surface area contributed by atoms with Gasteiger partial charge in [-0.2, -0.15) is 0 Å². The fourth-order valence-corrected chi connectivity index (χ4v) is 1.99. The molecule has 8 heteroatoms. The highest BCUT2D eigenvalue weighted by atomic mass is 16.6. The maximum atomic E-state index is 12.1. The zero-order valence-corrected chi connectivity index (χ0v) is 12.6. The Bertz CT molecular complexity index is 405. The SMILES string of the molecule is CC(C)(C)OC(=O)N1CCNC[C@H]1C(=O)CCC(=O)NO.